The molecular weight excluding hydrogens is 220 g/mol. The summed E-state index contributed by atoms with van der Waals surface area (Å²) in [4.78, 5) is 24.8. The van der Waals surface area contributed by atoms with Gasteiger partial charge in [-0.25, -0.2) is 4.99 Å². The lowest BCUT2D eigenvalue weighted by Gasteiger charge is -2.06. The number of hydrogen-bond acceptors (Lipinski definition) is 3. The second-order valence-corrected chi connectivity index (χ2v) is 3.67. The molecule has 0 saturated carbocycles. The topological polar surface area (TPSA) is 92.8 Å². The zero-order valence-corrected chi connectivity index (χ0v) is 9.46. The Balaban J connectivity index is 2.68. The van der Waals surface area contributed by atoms with Crippen LogP contribution in [0.25, 0.3) is 0 Å². The third-order valence-corrected chi connectivity index (χ3v) is 2.15. The lowest BCUT2D eigenvalue weighted by atomic mass is 10.1. The predicted octanol–water partition coefficient (Wildman–Crippen LogP) is 0.606. The molecule has 5 heteroatoms. The van der Waals surface area contributed by atoms with E-state index in [-0.39, 0.29) is 12.3 Å². The maximum Gasteiger partial charge on any atom is 0.320 e. The number of carboxylic acid groups (broad SMARTS) is 1. The molecule has 90 valence electrons. The molecule has 0 radical (unpaired) electrons. The number of nitrogens with two attached hydrogens (primary N) is 1. The smallest absolute Gasteiger partial charge is 0.320 e. The van der Waals surface area contributed by atoms with Crippen molar-refractivity contribution in [1.29, 1.82) is 0 Å². The number of carboxylic acids is 1. The highest BCUT2D eigenvalue weighted by Gasteiger charge is 2.11. The highest BCUT2D eigenvalue weighted by Crippen LogP contribution is 2.05. The monoisotopic (exact) mass is 234 g/mol. The SMILES string of the molecule is CC(=O)/N=C/c1ccc(CC(N)C(=O)O)cc1. The van der Waals surface area contributed by atoms with Crippen LogP contribution in [0.4, 0.5) is 0 Å². The minimum absolute atomic E-state index is 0.262. The van der Waals surface area contributed by atoms with E-state index in [0.29, 0.717) is 0 Å². The Labute approximate surface area is 99.0 Å². The van der Waals surface area contributed by atoms with Crippen LogP contribution in [-0.2, 0) is 16.0 Å². The summed E-state index contributed by atoms with van der Waals surface area (Å²) in [5, 5.41) is 8.66. The minimum atomic E-state index is -1.02. The van der Waals surface area contributed by atoms with Crippen molar-refractivity contribution in [3.05, 3.63) is 35.4 Å². The van der Waals surface area contributed by atoms with Gasteiger partial charge in [0.05, 0.1) is 0 Å². The van der Waals surface area contributed by atoms with E-state index in [0.717, 1.165) is 11.1 Å². The van der Waals surface area contributed by atoms with Gasteiger partial charge in [-0.2, -0.15) is 0 Å². The van der Waals surface area contributed by atoms with Gasteiger partial charge in [-0.05, 0) is 17.5 Å². The van der Waals surface area contributed by atoms with Crippen molar-refractivity contribution in [2.75, 3.05) is 0 Å². The Morgan fingerprint density at radius 2 is 2.00 bits per heavy atom. The van der Waals surface area contributed by atoms with Crippen molar-refractivity contribution >= 4 is 18.1 Å². The molecular formula is C12H14N2O3. The number of hydrogen-bond donors (Lipinski definition) is 2. The van der Waals surface area contributed by atoms with Crippen LogP contribution in [-0.4, -0.2) is 29.2 Å². The molecule has 1 unspecified atom stereocenters. The van der Waals surface area contributed by atoms with Crippen molar-refractivity contribution in [3.8, 4) is 0 Å². The van der Waals surface area contributed by atoms with Crippen molar-refractivity contribution < 1.29 is 14.7 Å². The van der Waals surface area contributed by atoms with E-state index in [1.165, 1.54) is 13.1 Å². The molecule has 0 aliphatic heterocycles. The first-order valence-corrected chi connectivity index (χ1v) is 5.11. The molecule has 1 rings (SSSR count). The van der Waals surface area contributed by atoms with Crippen molar-refractivity contribution in [3.63, 3.8) is 0 Å². The summed E-state index contributed by atoms with van der Waals surface area (Å²) in [6, 6.07) is 6.16. The Kier molecular flexibility index (Phi) is 4.54. The molecule has 0 saturated heterocycles. The first kappa shape index (κ1) is 13.1. The number of aliphatic imine (C=N–C) groups is 1. The molecule has 1 aromatic carbocycles. The number of nitrogens with zero attached hydrogens (tertiary/aromatic N) is 1. The fourth-order valence-electron chi connectivity index (χ4n) is 1.25. The van der Waals surface area contributed by atoms with Crippen molar-refractivity contribution in [2.45, 2.75) is 19.4 Å². The summed E-state index contributed by atoms with van der Waals surface area (Å²) in [6.45, 7) is 1.37. The molecule has 0 fully saturated rings. The zero-order valence-electron chi connectivity index (χ0n) is 9.46. The van der Waals surface area contributed by atoms with E-state index in [1.54, 1.807) is 24.3 Å². The van der Waals surface area contributed by atoms with Crippen LogP contribution in [0, 0.1) is 0 Å². The Morgan fingerprint density at radius 3 is 2.47 bits per heavy atom. The van der Waals surface area contributed by atoms with Crippen LogP contribution < -0.4 is 5.73 Å². The van der Waals surface area contributed by atoms with Crippen LogP contribution in [0.15, 0.2) is 29.3 Å². The summed E-state index contributed by atoms with van der Waals surface area (Å²) in [5.74, 6) is -1.28. The number of carbonyl (C=O) groups excluding carboxylic acids is 1. The molecule has 3 N–H and O–H groups in total. The minimum Gasteiger partial charge on any atom is -0.480 e. The highest BCUT2D eigenvalue weighted by atomic mass is 16.4. The number of rotatable bonds is 4. The maximum absolute atomic E-state index is 10.6. The summed E-state index contributed by atoms with van der Waals surface area (Å²) in [5.41, 5.74) is 7.03. The molecule has 1 amide bonds. The van der Waals surface area contributed by atoms with Crippen LogP contribution in [0.1, 0.15) is 18.1 Å². The van der Waals surface area contributed by atoms with Gasteiger partial charge in [-0.3, -0.25) is 9.59 Å². The molecule has 1 aromatic rings. The molecule has 0 spiro atoms. The van der Waals surface area contributed by atoms with Crippen LogP contribution in [0.2, 0.25) is 0 Å². The maximum atomic E-state index is 10.6. The lowest BCUT2D eigenvalue weighted by molar-refractivity contribution is -0.138. The molecule has 0 aliphatic rings. The van der Waals surface area contributed by atoms with Gasteiger partial charge in [0.1, 0.15) is 6.04 Å². The number of aliphatic carboxylic acids is 1. The largest absolute Gasteiger partial charge is 0.480 e. The van der Waals surface area contributed by atoms with Gasteiger partial charge in [0.15, 0.2) is 0 Å². The second kappa shape index (κ2) is 5.91. The molecule has 0 heterocycles. The van der Waals surface area contributed by atoms with Gasteiger partial charge >= 0.3 is 5.97 Å². The van der Waals surface area contributed by atoms with Crippen LogP contribution >= 0.6 is 0 Å². The number of amides is 1. The molecule has 17 heavy (non-hydrogen) atoms. The summed E-state index contributed by atoms with van der Waals surface area (Å²) < 4.78 is 0. The normalized spacial score (nSPS) is 12.6. The Hall–Kier alpha value is -2.01. The van der Waals surface area contributed by atoms with Gasteiger partial charge in [0.25, 0.3) is 0 Å². The Morgan fingerprint density at radius 1 is 1.41 bits per heavy atom. The van der Waals surface area contributed by atoms with Crippen LogP contribution in [0.3, 0.4) is 0 Å². The second-order valence-electron chi connectivity index (χ2n) is 3.67. The van der Waals surface area contributed by atoms with Gasteiger partial charge < -0.3 is 10.8 Å². The molecule has 1 atom stereocenters. The first-order valence-electron chi connectivity index (χ1n) is 5.11. The van der Waals surface area contributed by atoms with E-state index in [2.05, 4.69) is 4.99 Å². The molecule has 5 nitrogen and oxygen atoms in total. The average molecular weight is 234 g/mol. The lowest BCUT2D eigenvalue weighted by Crippen LogP contribution is -2.32. The zero-order chi connectivity index (χ0) is 12.8. The standard InChI is InChI=1S/C12H14N2O3/c1-8(15)14-7-10-4-2-9(3-5-10)6-11(13)12(16)17/h2-5,7,11H,6,13H2,1H3,(H,16,17)/b14-7+. The Bertz CT molecular complexity index is 438. The summed E-state index contributed by atoms with van der Waals surface area (Å²) in [6.07, 6.45) is 1.74. The van der Waals surface area contributed by atoms with Gasteiger partial charge in [-0.15, -0.1) is 0 Å². The highest BCUT2D eigenvalue weighted by molar-refractivity contribution is 5.90. The fraction of sp³-hybridized carbons (Fsp3) is 0.250. The van der Waals surface area contributed by atoms with E-state index in [1.807, 2.05) is 0 Å². The summed E-state index contributed by atoms with van der Waals surface area (Å²) >= 11 is 0. The molecule has 0 bridgehead atoms. The van der Waals surface area contributed by atoms with Gasteiger partial charge in [0.2, 0.25) is 5.91 Å². The number of carbonyl (C=O) groups is 2. The van der Waals surface area contributed by atoms with Crippen molar-refractivity contribution in [1.82, 2.24) is 0 Å². The van der Waals surface area contributed by atoms with E-state index in [9.17, 15) is 9.59 Å². The summed E-state index contributed by atoms with van der Waals surface area (Å²) in [7, 11) is 0. The van der Waals surface area contributed by atoms with Gasteiger partial charge in [0, 0.05) is 13.1 Å². The number of benzene rings is 1. The van der Waals surface area contributed by atoms with Crippen LogP contribution in [0.5, 0.6) is 0 Å². The van der Waals surface area contributed by atoms with E-state index < -0.39 is 12.0 Å². The average Bonchev–Trinajstić information content (AvgIpc) is 2.28. The van der Waals surface area contributed by atoms with Gasteiger partial charge in [-0.1, -0.05) is 24.3 Å². The van der Waals surface area contributed by atoms with E-state index >= 15 is 0 Å². The fourth-order valence-corrected chi connectivity index (χ4v) is 1.25. The first-order chi connectivity index (χ1) is 7.99. The third kappa shape index (κ3) is 4.56. The quantitative estimate of drug-likeness (QED) is 0.746. The van der Waals surface area contributed by atoms with E-state index in [4.69, 9.17) is 10.8 Å². The van der Waals surface area contributed by atoms with Crippen molar-refractivity contribution in [2.24, 2.45) is 10.7 Å². The predicted molar refractivity (Wildman–Crippen MR) is 64.0 cm³/mol. The molecule has 0 aliphatic carbocycles. The molecule has 0 aromatic heterocycles. The third-order valence-electron chi connectivity index (χ3n) is 2.15.